The smallest absolute Gasteiger partial charge is 0.168 e. The van der Waals surface area contributed by atoms with Crippen LogP contribution < -0.4 is 0 Å². The first-order valence-electron chi connectivity index (χ1n) is 6.33. The molecule has 2 rings (SSSR count). The van der Waals surface area contributed by atoms with Crippen LogP contribution in [0.3, 0.4) is 0 Å². The molecule has 2 aromatic rings. The van der Waals surface area contributed by atoms with Crippen molar-refractivity contribution < 1.29 is 9.63 Å². The molecule has 0 aliphatic heterocycles. The molecule has 0 aliphatic carbocycles. The van der Waals surface area contributed by atoms with Crippen LogP contribution in [0.15, 0.2) is 53.7 Å². The molecule has 0 radical (unpaired) electrons. The van der Waals surface area contributed by atoms with Crippen molar-refractivity contribution in [3.05, 3.63) is 69.7 Å². The van der Waals surface area contributed by atoms with E-state index < -0.39 is 0 Å². The summed E-state index contributed by atoms with van der Waals surface area (Å²) in [7, 11) is 0. The Labute approximate surface area is 133 Å². The van der Waals surface area contributed by atoms with Crippen LogP contribution in [0.1, 0.15) is 22.3 Å². The van der Waals surface area contributed by atoms with Crippen LogP contribution in [0.5, 0.6) is 0 Å². The van der Waals surface area contributed by atoms with E-state index in [9.17, 15) is 4.79 Å². The van der Waals surface area contributed by atoms with Crippen LogP contribution in [0, 0.1) is 0 Å². The second kappa shape index (κ2) is 7.81. The van der Waals surface area contributed by atoms with E-state index >= 15 is 0 Å². The Balaban J connectivity index is 1.79. The summed E-state index contributed by atoms with van der Waals surface area (Å²) < 4.78 is 0. The second-order valence-electron chi connectivity index (χ2n) is 4.29. The number of benzene rings is 2. The van der Waals surface area contributed by atoms with Gasteiger partial charge in [0.25, 0.3) is 0 Å². The zero-order valence-electron chi connectivity index (χ0n) is 11.1. The van der Waals surface area contributed by atoms with Crippen molar-refractivity contribution in [3.63, 3.8) is 0 Å². The van der Waals surface area contributed by atoms with Gasteiger partial charge in [-0.2, -0.15) is 0 Å². The molecule has 0 saturated carbocycles. The SMILES string of the molecule is O=C(C/C=N\OCc1ccc(Cl)cc1Cl)c1ccccc1. The molecule has 0 heterocycles. The molecule has 0 atom stereocenters. The van der Waals surface area contributed by atoms with Crippen molar-refractivity contribution in [2.75, 3.05) is 0 Å². The highest BCUT2D eigenvalue weighted by molar-refractivity contribution is 6.35. The molecule has 0 bridgehead atoms. The van der Waals surface area contributed by atoms with Crippen molar-refractivity contribution in [3.8, 4) is 0 Å². The third-order valence-corrected chi connectivity index (χ3v) is 3.34. The molecule has 3 nitrogen and oxygen atoms in total. The van der Waals surface area contributed by atoms with Gasteiger partial charge >= 0.3 is 0 Å². The number of ketones is 1. The standard InChI is InChI=1S/C16H13Cl2NO2/c17-14-7-6-13(15(18)10-14)11-21-19-9-8-16(20)12-4-2-1-3-5-12/h1-7,9-10H,8,11H2/b19-9-. The van der Waals surface area contributed by atoms with Gasteiger partial charge in [-0.1, -0.05) is 64.8 Å². The zero-order valence-corrected chi connectivity index (χ0v) is 12.6. The summed E-state index contributed by atoms with van der Waals surface area (Å²) in [5, 5.41) is 4.85. The third kappa shape index (κ3) is 4.88. The quantitative estimate of drug-likeness (QED) is 0.436. The lowest BCUT2D eigenvalue weighted by Gasteiger charge is -2.03. The first kappa shape index (κ1) is 15.5. The van der Waals surface area contributed by atoms with Gasteiger partial charge < -0.3 is 4.84 Å². The fourth-order valence-electron chi connectivity index (χ4n) is 1.66. The predicted octanol–water partition coefficient (Wildman–Crippen LogP) is 4.77. The number of rotatable bonds is 6. The van der Waals surface area contributed by atoms with Gasteiger partial charge in [-0.3, -0.25) is 4.79 Å². The average Bonchev–Trinajstić information content (AvgIpc) is 2.49. The third-order valence-electron chi connectivity index (χ3n) is 2.76. The molecule has 0 aromatic heterocycles. The van der Waals surface area contributed by atoms with E-state index in [1.54, 1.807) is 30.3 Å². The van der Waals surface area contributed by atoms with Gasteiger partial charge in [-0.25, -0.2) is 0 Å². The van der Waals surface area contributed by atoms with Crippen LogP contribution >= 0.6 is 23.2 Å². The maximum atomic E-state index is 11.8. The Morgan fingerprint density at radius 3 is 2.62 bits per heavy atom. The molecule has 2 aromatic carbocycles. The number of carbonyl (C=O) groups excluding carboxylic acids is 1. The monoisotopic (exact) mass is 321 g/mol. The molecule has 0 N–H and O–H groups in total. The minimum Gasteiger partial charge on any atom is -0.391 e. The van der Waals surface area contributed by atoms with Gasteiger partial charge in [0.15, 0.2) is 5.78 Å². The fraction of sp³-hybridized carbons (Fsp3) is 0.125. The highest BCUT2D eigenvalue weighted by Gasteiger charge is 2.03. The number of carbonyl (C=O) groups is 1. The molecule has 5 heteroatoms. The molecule has 0 spiro atoms. The normalized spacial score (nSPS) is 10.8. The Hall–Kier alpha value is -1.84. The first-order chi connectivity index (χ1) is 10.2. The molecule has 0 aliphatic rings. The summed E-state index contributed by atoms with van der Waals surface area (Å²) in [5.41, 5.74) is 1.44. The highest BCUT2D eigenvalue weighted by Crippen LogP contribution is 2.21. The van der Waals surface area contributed by atoms with E-state index in [0.29, 0.717) is 15.6 Å². The molecule has 0 amide bonds. The average molecular weight is 322 g/mol. The van der Waals surface area contributed by atoms with E-state index in [1.807, 2.05) is 18.2 Å². The maximum Gasteiger partial charge on any atom is 0.168 e. The summed E-state index contributed by atoms with van der Waals surface area (Å²) in [6.45, 7) is 0.228. The summed E-state index contributed by atoms with van der Waals surface area (Å²) in [6, 6.07) is 14.2. The van der Waals surface area contributed by atoms with Crippen LogP contribution in [0.2, 0.25) is 10.0 Å². The van der Waals surface area contributed by atoms with Crippen molar-refractivity contribution >= 4 is 35.2 Å². The number of Topliss-reactive ketones (excluding diaryl/α,β-unsaturated/α-hetero) is 1. The molecule has 0 fully saturated rings. The van der Waals surface area contributed by atoms with Gasteiger partial charge in [0.1, 0.15) is 6.61 Å². The van der Waals surface area contributed by atoms with E-state index in [4.69, 9.17) is 28.0 Å². The summed E-state index contributed by atoms with van der Waals surface area (Å²) in [4.78, 5) is 16.9. The molecule has 108 valence electrons. The van der Waals surface area contributed by atoms with Crippen molar-refractivity contribution in [2.24, 2.45) is 5.16 Å². The van der Waals surface area contributed by atoms with Gasteiger partial charge in [-0.05, 0) is 12.1 Å². The van der Waals surface area contributed by atoms with Crippen molar-refractivity contribution in [1.29, 1.82) is 0 Å². The molecular weight excluding hydrogens is 309 g/mol. The number of nitrogens with zero attached hydrogens (tertiary/aromatic N) is 1. The Bertz CT molecular complexity index is 642. The van der Waals surface area contributed by atoms with Gasteiger partial charge in [0.2, 0.25) is 0 Å². The molecule has 21 heavy (non-hydrogen) atoms. The van der Waals surface area contributed by atoms with Crippen LogP contribution in [-0.2, 0) is 11.4 Å². The lowest BCUT2D eigenvalue weighted by atomic mass is 10.1. The fourth-order valence-corrected chi connectivity index (χ4v) is 2.12. The predicted molar refractivity (Wildman–Crippen MR) is 85.1 cm³/mol. The minimum atomic E-state index is -0.00697. The van der Waals surface area contributed by atoms with Gasteiger partial charge in [-0.15, -0.1) is 0 Å². The zero-order chi connectivity index (χ0) is 15.1. The number of halogens is 2. The Morgan fingerprint density at radius 2 is 1.90 bits per heavy atom. The summed E-state index contributed by atoms with van der Waals surface area (Å²) in [5.74, 6) is -0.00697. The molecule has 0 unspecified atom stereocenters. The number of hydrogen-bond acceptors (Lipinski definition) is 3. The number of oxime groups is 1. The largest absolute Gasteiger partial charge is 0.391 e. The van der Waals surface area contributed by atoms with Gasteiger partial charge in [0, 0.05) is 27.6 Å². The molecule has 0 saturated heterocycles. The van der Waals surface area contributed by atoms with Crippen LogP contribution in [0.25, 0.3) is 0 Å². The minimum absolute atomic E-state index is 0.00697. The van der Waals surface area contributed by atoms with Gasteiger partial charge in [0.05, 0.1) is 6.21 Å². The Kier molecular flexibility index (Phi) is 5.78. The lowest BCUT2D eigenvalue weighted by molar-refractivity contribution is 0.0996. The lowest BCUT2D eigenvalue weighted by Crippen LogP contribution is -1.99. The summed E-state index contributed by atoms with van der Waals surface area (Å²) >= 11 is 11.8. The highest BCUT2D eigenvalue weighted by atomic mass is 35.5. The van der Waals surface area contributed by atoms with Crippen molar-refractivity contribution in [2.45, 2.75) is 13.0 Å². The van der Waals surface area contributed by atoms with Crippen molar-refractivity contribution in [1.82, 2.24) is 0 Å². The first-order valence-corrected chi connectivity index (χ1v) is 7.08. The maximum absolute atomic E-state index is 11.8. The topological polar surface area (TPSA) is 38.7 Å². The van der Waals surface area contributed by atoms with Crippen LogP contribution in [-0.4, -0.2) is 12.0 Å². The Morgan fingerprint density at radius 1 is 1.14 bits per heavy atom. The van der Waals surface area contributed by atoms with E-state index in [1.165, 1.54) is 6.21 Å². The summed E-state index contributed by atoms with van der Waals surface area (Å²) in [6.07, 6.45) is 1.64. The number of hydrogen-bond donors (Lipinski definition) is 0. The van der Waals surface area contributed by atoms with E-state index in [2.05, 4.69) is 5.16 Å². The van der Waals surface area contributed by atoms with E-state index in [-0.39, 0.29) is 18.8 Å². The molecular formula is C16H13Cl2NO2. The second-order valence-corrected chi connectivity index (χ2v) is 5.13. The van der Waals surface area contributed by atoms with Crippen LogP contribution in [0.4, 0.5) is 0 Å². The van der Waals surface area contributed by atoms with E-state index in [0.717, 1.165) is 5.56 Å².